The fraction of sp³-hybridized carbons (Fsp3) is 0.500. The molecule has 0 saturated heterocycles. The Kier molecular flexibility index (Phi) is 4.11. The minimum absolute atomic E-state index is 0.244. The number of benzene rings is 1. The van der Waals surface area contributed by atoms with Crippen LogP contribution in [0.15, 0.2) is 18.2 Å². The van der Waals surface area contributed by atoms with Crippen molar-refractivity contribution in [1.29, 1.82) is 0 Å². The van der Waals surface area contributed by atoms with Gasteiger partial charge in [0, 0.05) is 0 Å². The Morgan fingerprint density at radius 3 is 2.19 bits per heavy atom. The van der Waals surface area contributed by atoms with Gasteiger partial charge >= 0.3 is 5.97 Å². The molecule has 0 aliphatic rings. The van der Waals surface area contributed by atoms with Crippen molar-refractivity contribution >= 4 is 5.97 Å². The van der Waals surface area contributed by atoms with Gasteiger partial charge in [0.05, 0.1) is 12.7 Å². The molecule has 0 radical (unpaired) electrons. The first kappa shape index (κ1) is 12.8. The monoisotopic (exact) mass is 220 g/mol. The van der Waals surface area contributed by atoms with Crippen LogP contribution >= 0.6 is 0 Å². The van der Waals surface area contributed by atoms with E-state index in [4.69, 9.17) is 4.74 Å². The summed E-state index contributed by atoms with van der Waals surface area (Å²) in [6.45, 7) is 8.49. The fourth-order valence-electron chi connectivity index (χ4n) is 2.02. The van der Waals surface area contributed by atoms with Crippen molar-refractivity contribution < 1.29 is 9.53 Å². The predicted octanol–water partition coefficient (Wildman–Crippen LogP) is 3.72. The molecule has 0 amide bonds. The van der Waals surface area contributed by atoms with Crippen LogP contribution in [0.3, 0.4) is 0 Å². The molecule has 0 aliphatic heterocycles. The van der Waals surface area contributed by atoms with Gasteiger partial charge in [-0.2, -0.15) is 0 Å². The summed E-state index contributed by atoms with van der Waals surface area (Å²) < 4.78 is 4.82. The molecular formula is C14H20O2. The zero-order chi connectivity index (χ0) is 12.3. The van der Waals surface area contributed by atoms with E-state index in [2.05, 4.69) is 33.8 Å². The third-order valence-corrected chi connectivity index (χ3v) is 2.74. The van der Waals surface area contributed by atoms with Gasteiger partial charge in [-0.25, -0.2) is 4.79 Å². The lowest BCUT2D eigenvalue weighted by molar-refractivity contribution is 0.0599. The van der Waals surface area contributed by atoms with Crippen LogP contribution in [0.25, 0.3) is 0 Å². The molecule has 1 aromatic rings. The van der Waals surface area contributed by atoms with Crippen LogP contribution in [0.4, 0.5) is 0 Å². The molecule has 0 atom stereocenters. The van der Waals surface area contributed by atoms with Crippen molar-refractivity contribution in [1.82, 2.24) is 0 Å². The van der Waals surface area contributed by atoms with Crippen molar-refractivity contribution in [3.63, 3.8) is 0 Å². The Balaban J connectivity index is 3.38. The third kappa shape index (κ3) is 2.43. The summed E-state index contributed by atoms with van der Waals surface area (Å²) in [6, 6.07) is 5.85. The van der Waals surface area contributed by atoms with E-state index < -0.39 is 0 Å². The molecular weight excluding hydrogens is 200 g/mol. The normalized spacial score (nSPS) is 10.9. The van der Waals surface area contributed by atoms with Gasteiger partial charge in [-0.1, -0.05) is 39.8 Å². The Morgan fingerprint density at radius 2 is 1.75 bits per heavy atom. The highest BCUT2D eigenvalue weighted by Crippen LogP contribution is 2.29. The van der Waals surface area contributed by atoms with Gasteiger partial charge in [-0.05, 0) is 29.0 Å². The van der Waals surface area contributed by atoms with Crippen LogP contribution in [-0.2, 0) is 4.74 Å². The summed E-state index contributed by atoms with van der Waals surface area (Å²) in [5.41, 5.74) is 3.05. The minimum Gasteiger partial charge on any atom is -0.465 e. The predicted molar refractivity (Wildman–Crippen MR) is 66.0 cm³/mol. The Bertz CT molecular complexity index is 378. The fourth-order valence-corrected chi connectivity index (χ4v) is 2.02. The second-order valence-electron chi connectivity index (χ2n) is 4.61. The van der Waals surface area contributed by atoms with Gasteiger partial charge in [0.25, 0.3) is 0 Å². The molecule has 0 N–H and O–H groups in total. The summed E-state index contributed by atoms with van der Waals surface area (Å²) in [5.74, 6) is 0.501. The molecule has 0 aromatic heterocycles. The maximum Gasteiger partial charge on any atom is 0.338 e. The molecule has 2 heteroatoms. The molecule has 0 fully saturated rings. The molecule has 0 spiro atoms. The van der Waals surface area contributed by atoms with Crippen LogP contribution < -0.4 is 0 Å². The molecule has 1 aromatic carbocycles. The molecule has 2 nitrogen and oxygen atoms in total. The van der Waals surface area contributed by atoms with E-state index in [0.717, 1.165) is 5.56 Å². The number of carbonyl (C=O) groups excluding carboxylic acids is 1. The molecule has 0 saturated carbocycles. The molecule has 16 heavy (non-hydrogen) atoms. The lowest BCUT2D eigenvalue weighted by Crippen LogP contribution is -2.10. The highest BCUT2D eigenvalue weighted by atomic mass is 16.5. The van der Waals surface area contributed by atoms with Gasteiger partial charge in [-0.15, -0.1) is 0 Å². The number of hydrogen-bond acceptors (Lipinski definition) is 2. The SMILES string of the molecule is COC(=O)c1cccc(C(C)C)c1C(C)C. The van der Waals surface area contributed by atoms with E-state index in [1.807, 2.05) is 12.1 Å². The Labute approximate surface area is 97.6 Å². The van der Waals surface area contributed by atoms with Crippen molar-refractivity contribution in [3.8, 4) is 0 Å². The molecule has 1 rings (SSSR count). The zero-order valence-electron chi connectivity index (χ0n) is 10.7. The minimum atomic E-state index is -0.244. The van der Waals surface area contributed by atoms with Crippen LogP contribution in [0.2, 0.25) is 0 Å². The molecule has 88 valence electrons. The number of esters is 1. The largest absolute Gasteiger partial charge is 0.465 e. The summed E-state index contributed by atoms with van der Waals surface area (Å²) in [7, 11) is 1.43. The molecule has 0 bridgehead atoms. The third-order valence-electron chi connectivity index (χ3n) is 2.74. The lowest BCUT2D eigenvalue weighted by atomic mass is 9.87. The first-order valence-corrected chi connectivity index (χ1v) is 5.70. The summed E-state index contributed by atoms with van der Waals surface area (Å²) >= 11 is 0. The number of rotatable bonds is 3. The average Bonchev–Trinajstić information content (AvgIpc) is 2.26. The second-order valence-corrected chi connectivity index (χ2v) is 4.61. The van der Waals surface area contributed by atoms with Crippen molar-refractivity contribution in [2.75, 3.05) is 7.11 Å². The summed E-state index contributed by atoms with van der Waals surface area (Å²) in [6.07, 6.45) is 0. The first-order chi connectivity index (χ1) is 7.49. The molecule has 0 unspecified atom stereocenters. The van der Waals surface area contributed by atoms with E-state index in [0.29, 0.717) is 17.4 Å². The maximum atomic E-state index is 11.7. The number of methoxy groups -OCH3 is 1. The van der Waals surface area contributed by atoms with Crippen molar-refractivity contribution in [2.24, 2.45) is 0 Å². The summed E-state index contributed by atoms with van der Waals surface area (Å²) in [5, 5.41) is 0. The number of carbonyl (C=O) groups is 1. The van der Waals surface area contributed by atoms with Crippen molar-refractivity contribution in [3.05, 3.63) is 34.9 Å². The van der Waals surface area contributed by atoms with Crippen LogP contribution in [0.1, 0.15) is 61.0 Å². The van der Waals surface area contributed by atoms with E-state index in [1.165, 1.54) is 12.7 Å². The average molecular weight is 220 g/mol. The van der Waals surface area contributed by atoms with Crippen LogP contribution in [0.5, 0.6) is 0 Å². The van der Waals surface area contributed by atoms with E-state index >= 15 is 0 Å². The Morgan fingerprint density at radius 1 is 1.12 bits per heavy atom. The number of hydrogen-bond donors (Lipinski definition) is 0. The van der Waals surface area contributed by atoms with Gasteiger partial charge in [0.1, 0.15) is 0 Å². The van der Waals surface area contributed by atoms with Crippen LogP contribution in [0, 0.1) is 0 Å². The number of ether oxygens (including phenoxy) is 1. The van der Waals surface area contributed by atoms with Gasteiger partial charge in [-0.3, -0.25) is 0 Å². The topological polar surface area (TPSA) is 26.3 Å². The van der Waals surface area contributed by atoms with Gasteiger partial charge in [0.15, 0.2) is 0 Å². The maximum absolute atomic E-state index is 11.7. The van der Waals surface area contributed by atoms with Gasteiger partial charge < -0.3 is 4.74 Å². The van der Waals surface area contributed by atoms with Gasteiger partial charge in [0.2, 0.25) is 0 Å². The smallest absolute Gasteiger partial charge is 0.338 e. The molecule has 0 aliphatic carbocycles. The van der Waals surface area contributed by atoms with E-state index in [-0.39, 0.29) is 5.97 Å². The second kappa shape index (κ2) is 5.15. The summed E-state index contributed by atoms with van der Waals surface area (Å²) in [4.78, 5) is 11.7. The van der Waals surface area contributed by atoms with E-state index in [1.54, 1.807) is 0 Å². The quantitative estimate of drug-likeness (QED) is 0.726. The standard InChI is InChI=1S/C14H20O2/c1-9(2)11-7-6-8-12(14(15)16-5)13(11)10(3)4/h6-10H,1-5H3. The van der Waals surface area contributed by atoms with Crippen molar-refractivity contribution in [2.45, 2.75) is 39.5 Å². The van der Waals surface area contributed by atoms with E-state index in [9.17, 15) is 4.79 Å². The molecule has 0 heterocycles. The Hall–Kier alpha value is -1.31. The van der Waals surface area contributed by atoms with Crippen LogP contribution in [-0.4, -0.2) is 13.1 Å². The lowest BCUT2D eigenvalue weighted by Gasteiger charge is -2.18. The highest BCUT2D eigenvalue weighted by Gasteiger charge is 2.18. The first-order valence-electron chi connectivity index (χ1n) is 5.70. The highest BCUT2D eigenvalue weighted by molar-refractivity contribution is 5.91. The zero-order valence-corrected chi connectivity index (χ0v) is 10.7.